The van der Waals surface area contributed by atoms with Gasteiger partial charge < -0.3 is 19.9 Å². The van der Waals surface area contributed by atoms with Crippen molar-refractivity contribution in [2.24, 2.45) is 0 Å². The molecular weight excluding hydrogens is 611 g/mol. The summed E-state index contributed by atoms with van der Waals surface area (Å²) in [5, 5.41) is 3.24. The fourth-order valence-corrected chi connectivity index (χ4v) is 7.89. The Morgan fingerprint density at radius 3 is 2.27 bits per heavy atom. The predicted molar refractivity (Wildman–Crippen MR) is 174 cm³/mol. The molecule has 4 aromatic carbocycles. The van der Waals surface area contributed by atoms with Gasteiger partial charge in [0.2, 0.25) is 5.91 Å². The van der Waals surface area contributed by atoms with Gasteiger partial charge in [-0.15, -0.1) is 3.97 Å². The molecule has 2 heterocycles. The number of piperazine rings is 1. The molecule has 5 aromatic rings. The Balaban J connectivity index is 1.07. The van der Waals surface area contributed by atoms with Gasteiger partial charge in [0.1, 0.15) is 10.6 Å². The van der Waals surface area contributed by atoms with Crippen LogP contribution < -0.4 is 18.9 Å². The molecule has 0 unspecified atom stereocenters. The summed E-state index contributed by atoms with van der Waals surface area (Å²) in [7, 11) is -2.34. The second kappa shape index (κ2) is 13.0. The predicted octanol–water partition coefficient (Wildman–Crippen LogP) is 4.39. The lowest BCUT2D eigenvalue weighted by molar-refractivity contribution is -0.526. The zero-order chi connectivity index (χ0) is 31.4. The highest BCUT2D eigenvalue weighted by Gasteiger charge is 2.32. The lowest BCUT2D eigenvalue weighted by Gasteiger charge is -2.36. The van der Waals surface area contributed by atoms with Crippen LogP contribution in [-0.2, 0) is 14.8 Å². The number of fused-ring (bicyclic) bond motifs is 1. The Kier molecular flexibility index (Phi) is 8.76. The Hall–Kier alpha value is -4.81. The van der Waals surface area contributed by atoms with Gasteiger partial charge in [-0.1, -0.05) is 42.5 Å². The third-order valence-corrected chi connectivity index (χ3v) is 10.4. The number of carbonyl (C=O) groups excluding carboxylic acids is 2. The number of ether oxygens (including phenoxy) is 1. The monoisotopic (exact) mass is 642 g/mol. The van der Waals surface area contributed by atoms with E-state index in [9.17, 15) is 18.0 Å². The molecule has 0 bridgehead atoms. The van der Waals surface area contributed by atoms with E-state index in [4.69, 9.17) is 4.74 Å². The molecule has 0 atom stereocenters. The SMILES string of the molecule is COc1ccccc1C(=O)N1CCN(c2ccc(NC(=O)CSc3[nH]c4ccccc4[n+]3S(=O)(=O)c3ccccc3)cc2)CC1. The molecule has 2 amide bonds. The van der Waals surface area contributed by atoms with Crippen LogP contribution in [0.5, 0.6) is 5.75 Å². The molecule has 45 heavy (non-hydrogen) atoms. The Morgan fingerprint density at radius 2 is 1.53 bits per heavy atom. The number of thioether (sulfide) groups is 1. The molecule has 0 radical (unpaired) electrons. The molecule has 1 aliphatic heterocycles. The maximum Gasteiger partial charge on any atom is 0.336 e. The Bertz CT molecular complexity index is 1940. The molecule has 1 aromatic heterocycles. The standard InChI is InChI=1S/C33H31N5O5S2/c1-43-30-14-8-5-11-27(30)32(40)37-21-19-36(20-22-37)25-17-15-24(16-18-25)34-31(39)23-44-33-35-28-12-6-7-13-29(28)38(33)45(41,42)26-9-3-2-4-10-26/h2-18H,19-23H2,1H3,(H,34,39)/p+1. The second-order valence-electron chi connectivity index (χ2n) is 10.4. The minimum Gasteiger partial charge on any atom is -0.496 e. The van der Waals surface area contributed by atoms with Crippen LogP contribution in [-0.4, -0.2) is 69.2 Å². The highest BCUT2D eigenvalue weighted by molar-refractivity contribution is 8.00. The third kappa shape index (κ3) is 6.38. The van der Waals surface area contributed by atoms with Crippen LogP contribution in [0.3, 0.4) is 0 Å². The fourth-order valence-electron chi connectivity index (χ4n) is 5.31. The van der Waals surface area contributed by atoms with Crippen molar-refractivity contribution in [3.63, 3.8) is 0 Å². The van der Waals surface area contributed by atoms with Crippen molar-refractivity contribution in [2.45, 2.75) is 10.1 Å². The summed E-state index contributed by atoms with van der Waals surface area (Å²) >= 11 is 1.12. The molecule has 1 saturated heterocycles. The van der Waals surface area contributed by atoms with Crippen LogP contribution in [0.15, 0.2) is 113 Å². The number of anilines is 2. The van der Waals surface area contributed by atoms with Gasteiger partial charge in [0.25, 0.3) is 5.91 Å². The number of hydrogen-bond donors (Lipinski definition) is 2. The molecule has 10 nitrogen and oxygen atoms in total. The third-order valence-electron chi connectivity index (χ3n) is 7.59. The van der Waals surface area contributed by atoms with E-state index in [2.05, 4.69) is 15.2 Å². The zero-order valence-corrected chi connectivity index (χ0v) is 26.2. The van der Waals surface area contributed by atoms with Gasteiger partial charge in [-0.2, -0.15) is 8.42 Å². The van der Waals surface area contributed by atoms with E-state index in [0.29, 0.717) is 59.4 Å². The number of aromatic amines is 1. The Labute approximate surface area is 265 Å². The number of para-hydroxylation sites is 3. The van der Waals surface area contributed by atoms with Crippen LogP contribution in [0.1, 0.15) is 10.4 Å². The number of aromatic nitrogens is 2. The summed E-state index contributed by atoms with van der Waals surface area (Å²) in [5.74, 6) is 0.261. The molecule has 6 rings (SSSR count). The van der Waals surface area contributed by atoms with Gasteiger partial charge in [-0.3, -0.25) is 9.59 Å². The summed E-state index contributed by atoms with van der Waals surface area (Å²) in [4.78, 5) is 33.3. The van der Waals surface area contributed by atoms with Gasteiger partial charge in [-0.05, 0) is 72.4 Å². The quantitative estimate of drug-likeness (QED) is 0.181. The number of nitrogens with zero attached hydrogens (tertiary/aromatic N) is 3. The number of rotatable bonds is 9. The first-order chi connectivity index (χ1) is 21.8. The minimum atomic E-state index is -3.90. The maximum atomic E-state index is 13.6. The number of amides is 2. The smallest absolute Gasteiger partial charge is 0.336 e. The minimum absolute atomic E-state index is 0.00106. The Morgan fingerprint density at radius 1 is 0.867 bits per heavy atom. The first kappa shape index (κ1) is 30.2. The lowest BCUT2D eigenvalue weighted by Crippen LogP contribution is -2.48. The van der Waals surface area contributed by atoms with Crippen molar-refractivity contribution in [3.8, 4) is 5.75 Å². The number of nitrogens with one attached hydrogen (secondary N) is 2. The van der Waals surface area contributed by atoms with Crippen molar-refractivity contribution in [1.82, 2.24) is 9.88 Å². The zero-order valence-electron chi connectivity index (χ0n) is 24.5. The van der Waals surface area contributed by atoms with Gasteiger partial charge in [0.05, 0.1) is 18.4 Å². The second-order valence-corrected chi connectivity index (χ2v) is 13.1. The molecule has 0 saturated carbocycles. The molecule has 12 heteroatoms. The highest BCUT2D eigenvalue weighted by atomic mass is 32.2. The molecule has 2 N–H and O–H groups in total. The average molecular weight is 643 g/mol. The van der Waals surface area contributed by atoms with E-state index in [1.807, 2.05) is 47.4 Å². The topological polar surface area (TPSA) is 116 Å². The van der Waals surface area contributed by atoms with E-state index in [1.54, 1.807) is 67.8 Å². The number of imidazole rings is 1. The molecule has 0 aliphatic carbocycles. The molecule has 230 valence electrons. The van der Waals surface area contributed by atoms with E-state index in [0.717, 1.165) is 17.4 Å². The van der Waals surface area contributed by atoms with Gasteiger partial charge in [0.15, 0.2) is 11.0 Å². The van der Waals surface area contributed by atoms with Crippen molar-refractivity contribution < 1.29 is 26.7 Å². The van der Waals surface area contributed by atoms with Gasteiger partial charge >= 0.3 is 15.2 Å². The number of methoxy groups -OCH3 is 1. The molecule has 0 spiro atoms. The average Bonchev–Trinajstić information content (AvgIpc) is 3.47. The van der Waals surface area contributed by atoms with E-state index in [-0.39, 0.29) is 22.5 Å². The highest BCUT2D eigenvalue weighted by Crippen LogP contribution is 2.25. The fraction of sp³-hybridized carbons (Fsp3) is 0.182. The normalized spacial score (nSPS) is 13.5. The number of benzene rings is 4. The van der Waals surface area contributed by atoms with E-state index < -0.39 is 10.0 Å². The van der Waals surface area contributed by atoms with Gasteiger partial charge in [0, 0.05) is 37.6 Å². The van der Waals surface area contributed by atoms with Crippen molar-refractivity contribution >= 4 is 56.0 Å². The number of hydrogen-bond acceptors (Lipinski definition) is 7. The summed E-state index contributed by atoms with van der Waals surface area (Å²) in [5.41, 5.74) is 3.35. The first-order valence-electron chi connectivity index (χ1n) is 14.4. The molecule has 1 aliphatic rings. The lowest BCUT2D eigenvalue weighted by atomic mass is 10.1. The number of carbonyl (C=O) groups is 2. The van der Waals surface area contributed by atoms with Crippen LogP contribution in [0.4, 0.5) is 11.4 Å². The van der Waals surface area contributed by atoms with Crippen LogP contribution in [0.25, 0.3) is 11.0 Å². The van der Waals surface area contributed by atoms with Crippen LogP contribution in [0.2, 0.25) is 0 Å². The maximum absolute atomic E-state index is 13.6. The molecule has 1 fully saturated rings. The summed E-state index contributed by atoms with van der Waals surface area (Å²) < 4.78 is 33.8. The largest absolute Gasteiger partial charge is 0.496 e. The van der Waals surface area contributed by atoms with E-state index >= 15 is 0 Å². The van der Waals surface area contributed by atoms with E-state index in [1.165, 1.54) is 3.97 Å². The summed E-state index contributed by atoms with van der Waals surface area (Å²) in [6.07, 6.45) is 0. The summed E-state index contributed by atoms with van der Waals surface area (Å²) in [6, 6.07) is 30.2. The summed E-state index contributed by atoms with van der Waals surface area (Å²) in [6.45, 7) is 2.53. The van der Waals surface area contributed by atoms with Crippen LogP contribution >= 0.6 is 11.8 Å². The number of H-pyrrole nitrogens is 1. The van der Waals surface area contributed by atoms with Crippen molar-refractivity contribution in [2.75, 3.05) is 49.3 Å². The first-order valence-corrected chi connectivity index (χ1v) is 16.8. The van der Waals surface area contributed by atoms with Crippen molar-refractivity contribution in [3.05, 3.63) is 109 Å². The van der Waals surface area contributed by atoms with Crippen molar-refractivity contribution in [1.29, 1.82) is 0 Å². The van der Waals surface area contributed by atoms with Gasteiger partial charge in [-0.25, -0.2) is 4.98 Å². The molecular formula is C33H32N5O5S2+. The van der Waals surface area contributed by atoms with Crippen LogP contribution in [0, 0.1) is 0 Å².